The fraction of sp³-hybridized carbons (Fsp3) is 0.286. The highest BCUT2D eigenvalue weighted by molar-refractivity contribution is 9.10. The minimum Gasteiger partial charge on any atom is -0.478 e. The van der Waals surface area contributed by atoms with E-state index in [1.54, 1.807) is 12.1 Å². The lowest BCUT2D eigenvalue weighted by molar-refractivity contribution is 0.0696. The second-order valence-corrected chi connectivity index (χ2v) is 9.66. The van der Waals surface area contributed by atoms with E-state index in [4.69, 9.17) is 14.7 Å². The van der Waals surface area contributed by atoms with Crippen LogP contribution in [0.15, 0.2) is 82.4 Å². The first-order valence-electron chi connectivity index (χ1n) is 11.7. The summed E-state index contributed by atoms with van der Waals surface area (Å²) in [6, 6.07) is 22.6. The molecule has 36 heavy (non-hydrogen) atoms. The maximum absolute atomic E-state index is 11.0. The predicted octanol–water partition coefficient (Wildman–Crippen LogP) is 7.34. The molecule has 1 fully saturated rings. The average molecular weight is 574 g/mol. The van der Waals surface area contributed by atoms with Crippen LogP contribution in [0.1, 0.15) is 47.4 Å². The van der Waals surface area contributed by atoms with Crippen molar-refractivity contribution in [1.82, 2.24) is 4.90 Å². The molecule has 0 spiro atoms. The van der Waals surface area contributed by atoms with Gasteiger partial charge < -0.3 is 14.7 Å². The van der Waals surface area contributed by atoms with E-state index in [0.29, 0.717) is 11.7 Å². The van der Waals surface area contributed by atoms with Gasteiger partial charge >= 0.3 is 5.97 Å². The smallest absolute Gasteiger partial charge is 0.335 e. The Morgan fingerprint density at radius 3 is 2.19 bits per heavy atom. The zero-order valence-electron chi connectivity index (χ0n) is 20.0. The van der Waals surface area contributed by atoms with Gasteiger partial charge in [-0.2, -0.15) is 0 Å². The van der Waals surface area contributed by atoms with Crippen LogP contribution in [0.2, 0.25) is 0 Å². The van der Waals surface area contributed by atoms with Crippen molar-refractivity contribution in [3.05, 3.63) is 94.0 Å². The van der Waals surface area contributed by atoms with Crippen molar-refractivity contribution in [1.29, 1.82) is 0 Å². The number of nitrogens with zero attached hydrogens (tertiary/aromatic N) is 2. The van der Waals surface area contributed by atoms with Gasteiger partial charge in [-0.1, -0.05) is 45.4 Å². The average Bonchev–Trinajstić information content (AvgIpc) is 2.87. The summed E-state index contributed by atoms with van der Waals surface area (Å²) >= 11 is 3.45. The highest BCUT2D eigenvalue weighted by Gasteiger charge is 2.18. The van der Waals surface area contributed by atoms with Crippen LogP contribution in [-0.2, 0) is 11.4 Å². The SMILES string of the molecule is CC(O/N=C/C1CCN(Cc2ccc(Oc3ccc(C(=O)O)cc3)cc2)CC1)c1ccc(Br)cc1.Cl. The molecule has 0 radical (unpaired) electrons. The molecule has 3 aromatic carbocycles. The quantitative estimate of drug-likeness (QED) is 0.214. The number of ether oxygens (including phenoxy) is 1. The fourth-order valence-corrected chi connectivity index (χ4v) is 4.25. The number of likely N-dealkylation sites (tertiary alicyclic amines) is 1. The molecule has 0 amide bonds. The molecule has 8 heteroatoms. The van der Waals surface area contributed by atoms with Gasteiger partial charge in [-0.3, -0.25) is 4.90 Å². The number of hydrogen-bond acceptors (Lipinski definition) is 5. The number of hydrogen-bond donors (Lipinski definition) is 1. The van der Waals surface area contributed by atoms with Crippen molar-refractivity contribution in [2.75, 3.05) is 13.1 Å². The Morgan fingerprint density at radius 1 is 1.03 bits per heavy atom. The van der Waals surface area contributed by atoms with E-state index in [0.717, 1.165) is 48.3 Å². The lowest BCUT2D eigenvalue weighted by atomic mass is 9.98. The Labute approximate surface area is 226 Å². The lowest BCUT2D eigenvalue weighted by Gasteiger charge is -2.30. The molecule has 1 aliphatic heterocycles. The first-order valence-corrected chi connectivity index (χ1v) is 12.5. The second-order valence-electron chi connectivity index (χ2n) is 8.74. The van der Waals surface area contributed by atoms with Crippen LogP contribution >= 0.6 is 28.3 Å². The number of aromatic carboxylic acids is 1. The number of piperidine rings is 1. The molecule has 1 aliphatic rings. The summed E-state index contributed by atoms with van der Waals surface area (Å²) in [5.41, 5.74) is 2.58. The van der Waals surface area contributed by atoms with Crippen LogP contribution in [-0.4, -0.2) is 35.3 Å². The summed E-state index contributed by atoms with van der Waals surface area (Å²) in [7, 11) is 0. The Bertz CT molecular complexity index is 1130. The minimum atomic E-state index is -0.947. The molecule has 190 valence electrons. The minimum absolute atomic E-state index is 0. The van der Waals surface area contributed by atoms with Gasteiger partial charge in [0.1, 0.15) is 17.6 Å². The van der Waals surface area contributed by atoms with Crippen LogP contribution in [0.4, 0.5) is 0 Å². The third-order valence-corrected chi connectivity index (χ3v) is 6.66. The largest absolute Gasteiger partial charge is 0.478 e. The summed E-state index contributed by atoms with van der Waals surface area (Å²) in [5, 5.41) is 13.3. The third kappa shape index (κ3) is 8.08. The molecule has 3 aromatic rings. The molecular weight excluding hydrogens is 544 g/mol. The Morgan fingerprint density at radius 2 is 1.61 bits per heavy atom. The number of oxime groups is 1. The normalized spacial score (nSPS) is 15.3. The Hall–Kier alpha value is -2.87. The van der Waals surface area contributed by atoms with Crippen LogP contribution in [0.25, 0.3) is 0 Å². The van der Waals surface area contributed by atoms with Gasteiger partial charge in [0.15, 0.2) is 0 Å². The molecule has 1 N–H and O–H groups in total. The Balaban J connectivity index is 0.00000361. The number of benzene rings is 3. The van der Waals surface area contributed by atoms with Gasteiger partial charge in [0.25, 0.3) is 0 Å². The molecule has 1 saturated heterocycles. The molecule has 6 nitrogen and oxygen atoms in total. The van der Waals surface area contributed by atoms with Gasteiger partial charge in [-0.15, -0.1) is 12.4 Å². The molecule has 1 atom stereocenters. The summed E-state index contributed by atoms with van der Waals surface area (Å²) in [6.07, 6.45) is 4.01. The zero-order chi connectivity index (χ0) is 24.6. The third-order valence-electron chi connectivity index (χ3n) is 6.13. The van der Waals surface area contributed by atoms with Crippen molar-refractivity contribution in [2.24, 2.45) is 11.1 Å². The summed E-state index contributed by atoms with van der Waals surface area (Å²) in [4.78, 5) is 19.1. The van der Waals surface area contributed by atoms with Gasteiger partial charge in [-0.25, -0.2) is 4.79 Å². The second kappa shape index (κ2) is 13.4. The number of carboxylic acids is 1. The standard InChI is InChI=1S/C28H29BrN2O4.ClH/c1-20(23-4-8-25(29)9-5-23)35-30-18-21-14-16-31(17-15-21)19-22-2-10-26(11-3-22)34-27-12-6-24(7-13-27)28(32)33;/h2-13,18,20-21H,14-17,19H2,1H3,(H,32,33);1H/b30-18+;. The number of carboxylic acid groups (broad SMARTS) is 1. The molecule has 0 bridgehead atoms. The van der Waals surface area contributed by atoms with E-state index in [9.17, 15) is 4.79 Å². The van der Waals surface area contributed by atoms with E-state index in [1.165, 1.54) is 17.7 Å². The molecular formula is C28H30BrClN2O4. The number of halogens is 2. The topological polar surface area (TPSA) is 71.4 Å². The summed E-state index contributed by atoms with van der Waals surface area (Å²) in [6.45, 7) is 4.95. The van der Waals surface area contributed by atoms with Gasteiger partial charge in [0.2, 0.25) is 0 Å². The highest BCUT2D eigenvalue weighted by Crippen LogP contribution is 2.24. The summed E-state index contributed by atoms with van der Waals surface area (Å²) < 4.78 is 6.88. The van der Waals surface area contributed by atoms with E-state index in [2.05, 4.69) is 38.1 Å². The van der Waals surface area contributed by atoms with E-state index >= 15 is 0 Å². The van der Waals surface area contributed by atoms with Crippen molar-refractivity contribution in [2.45, 2.75) is 32.4 Å². The van der Waals surface area contributed by atoms with Gasteiger partial charge in [-0.05, 0) is 98.4 Å². The van der Waals surface area contributed by atoms with Crippen LogP contribution in [0.5, 0.6) is 11.5 Å². The maximum Gasteiger partial charge on any atom is 0.335 e. The predicted molar refractivity (Wildman–Crippen MR) is 147 cm³/mol. The molecule has 1 heterocycles. The summed E-state index contributed by atoms with van der Waals surface area (Å²) in [5.74, 6) is 0.828. The first-order chi connectivity index (χ1) is 17.0. The van der Waals surface area contributed by atoms with Crippen LogP contribution in [0.3, 0.4) is 0 Å². The van der Waals surface area contributed by atoms with Crippen LogP contribution < -0.4 is 4.74 Å². The van der Waals surface area contributed by atoms with E-state index in [-0.39, 0.29) is 24.1 Å². The van der Waals surface area contributed by atoms with Crippen molar-refractivity contribution in [3.8, 4) is 11.5 Å². The first kappa shape index (κ1) is 27.7. The number of carbonyl (C=O) groups is 1. The molecule has 1 unspecified atom stereocenters. The molecule has 0 saturated carbocycles. The monoisotopic (exact) mass is 572 g/mol. The molecule has 4 rings (SSSR count). The van der Waals surface area contributed by atoms with E-state index in [1.807, 2.05) is 49.5 Å². The lowest BCUT2D eigenvalue weighted by Crippen LogP contribution is -2.33. The van der Waals surface area contributed by atoms with Crippen molar-refractivity contribution >= 4 is 40.5 Å². The van der Waals surface area contributed by atoms with Gasteiger partial charge in [0.05, 0.1) is 5.56 Å². The van der Waals surface area contributed by atoms with E-state index < -0.39 is 5.97 Å². The molecule has 0 aliphatic carbocycles. The highest BCUT2D eigenvalue weighted by atomic mass is 79.9. The molecule has 0 aromatic heterocycles. The van der Waals surface area contributed by atoms with Gasteiger partial charge in [0, 0.05) is 17.2 Å². The Kier molecular flexibility index (Phi) is 10.3. The maximum atomic E-state index is 11.0. The van der Waals surface area contributed by atoms with Crippen molar-refractivity contribution < 1.29 is 19.5 Å². The number of rotatable bonds is 9. The fourth-order valence-electron chi connectivity index (χ4n) is 3.99. The van der Waals surface area contributed by atoms with Crippen molar-refractivity contribution in [3.63, 3.8) is 0 Å². The van der Waals surface area contributed by atoms with Crippen LogP contribution in [0, 0.1) is 5.92 Å². The zero-order valence-corrected chi connectivity index (χ0v) is 22.5.